The monoisotopic (exact) mass is 365 g/mol. The van der Waals surface area contributed by atoms with Crippen LogP contribution in [0.15, 0.2) is 42.6 Å². The summed E-state index contributed by atoms with van der Waals surface area (Å²) in [6.45, 7) is 1.53. The van der Waals surface area contributed by atoms with Crippen LogP contribution in [0.1, 0.15) is 11.1 Å². The molecule has 26 heavy (non-hydrogen) atoms. The van der Waals surface area contributed by atoms with Gasteiger partial charge in [-0.25, -0.2) is 4.98 Å². The molecule has 8 heteroatoms. The van der Waals surface area contributed by atoms with Gasteiger partial charge in [0.05, 0.1) is 19.2 Å². The second-order valence-corrected chi connectivity index (χ2v) is 5.99. The van der Waals surface area contributed by atoms with Crippen molar-refractivity contribution in [1.29, 1.82) is 0 Å². The van der Waals surface area contributed by atoms with E-state index >= 15 is 0 Å². The van der Waals surface area contributed by atoms with Crippen LogP contribution in [-0.2, 0) is 17.5 Å². The second kappa shape index (κ2) is 7.23. The van der Waals surface area contributed by atoms with Gasteiger partial charge in [-0.1, -0.05) is 12.1 Å². The van der Waals surface area contributed by atoms with Crippen LogP contribution in [0.4, 0.5) is 19.0 Å². The predicted molar refractivity (Wildman–Crippen MR) is 89.9 cm³/mol. The van der Waals surface area contributed by atoms with Crippen molar-refractivity contribution >= 4 is 11.7 Å². The summed E-state index contributed by atoms with van der Waals surface area (Å²) in [5.74, 6) is 0.996. The van der Waals surface area contributed by atoms with E-state index in [-0.39, 0.29) is 12.5 Å². The van der Waals surface area contributed by atoms with Crippen molar-refractivity contribution in [3.8, 4) is 5.75 Å². The maximum absolute atomic E-state index is 12.6. The Morgan fingerprint density at radius 3 is 2.62 bits per heavy atom. The molecule has 2 aromatic rings. The predicted octanol–water partition coefficient (Wildman–Crippen LogP) is 2.96. The summed E-state index contributed by atoms with van der Waals surface area (Å²) in [4.78, 5) is 19.7. The third-order valence-electron chi connectivity index (χ3n) is 4.23. The maximum Gasteiger partial charge on any atom is 0.417 e. The summed E-state index contributed by atoms with van der Waals surface area (Å²) in [6.07, 6.45) is -3.63. The van der Waals surface area contributed by atoms with Crippen molar-refractivity contribution in [3.63, 3.8) is 0 Å². The van der Waals surface area contributed by atoms with Gasteiger partial charge in [0.25, 0.3) is 0 Å². The molecule has 1 aliphatic heterocycles. The number of pyridine rings is 1. The normalized spacial score (nSPS) is 15.3. The minimum absolute atomic E-state index is 0.0856. The number of piperazine rings is 1. The zero-order valence-corrected chi connectivity index (χ0v) is 14.2. The van der Waals surface area contributed by atoms with E-state index in [1.54, 1.807) is 16.9 Å². The van der Waals surface area contributed by atoms with E-state index in [0.29, 0.717) is 25.5 Å². The van der Waals surface area contributed by atoms with Crippen LogP contribution in [0.5, 0.6) is 5.75 Å². The molecular formula is C18H18F3N3O2. The molecule has 1 aliphatic rings. The maximum atomic E-state index is 12.6. The number of aromatic nitrogens is 1. The van der Waals surface area contributed by atoms with Gasteiger partial charge in [0.15, 0.2) is 0 Å². The summed E-state index contributed by atoms with van der Waals surface area (Å²) < 4.78 is 43.0. The number of rotatable bonds is 4. The molecule has 1 aromatic heterocycles. The quantitative estimate of drug-likeness (QED) is 0.836. The minimum atomic E-state index is -4.42. The number of hydrogen-bond acceptors (Lipinski definition) is 4. The Morgan fingerprint density at radius 1 is 1.19 bits per heavy atom. The third-order valence-corrected chi connectivity index (χ3v) is 4.23. The molecule has 3 rings (SSSR count). The first-order valence-corrected chi connectivity index (χ1v) is 8.06. The number of carbonyl (C=O) groups excluding carboxylic acids is 1. The molecule has 5 nitrogen and oxygen atoms in total. The van der Waals surface area contributed by atoms with Gasteiger partial charge in [-0.3, -0.25) is 4.79 Å². The standard InChI is InChI=1S/C18H18F3N3O2/c1-26-15-4-2-3-13(9-15)11-24-8-7-23(12-17(24)25)16-6-5-14(10-22-16)18(19,20)21/h2-6,9-10H,7-8,11-12H2,1H3. The number of carbonyl (C=O) groups is 1. The zero-order valence-electron chi connectivity index (χ0n) is 14.2. The number of halogens is 3. The molecule has 0 unspecified atom stereocenters. The number of hydrogen-bond donors (Lipinski definition) is 0. The van der Waals surface area contributed by atoms with Crippen LogP contribution in [-0.4, -0.2) is 42.5 Å². The molecule has 0 atom stereocenters. The Kier molecular flexibility index (Phi) is 5.01. The average molecular weight is 365 g/mol. The largest absolute Gasteiger partial charge is 0.497 e. The van der Waals surface area contributed by atoms with Crippen molar-refractivity contribution < 1.29 is 22.7 Å². The van der Waals surface area contributed by atoms with Crippen LogP contribution in [0.25, 0.3) is 0 Å². The van der Waals surface area contributed by atoms with Gasteiger partial charge in [0, 0.05) is 25.8 Å². The SMILES string of the molecule is COc1cccc(CN2CCN(c3ccc(C(F)(F)F)cn3)CC2=O)c1. The molecule has 0 radical (unpaired) electrons. The number of benzene rings is 1. The van der Waals surface area contributed by atoms with Gasteiger partial charge < -0.3 is 14.5 Å². The summed E-state index contributed by atoms with van der Waals surface area (Å²) in [6, 6.07) is 9.76. The molecule has 2 heterocycles. The van der Waals surface area contributed by atoms with Crippen molar-refractivity contribution in [2.24, 2.45) is 0 Å². The second-order valence-electron chi connectivity index (χ2n) is 5.99. The highest BCUT2D eigenvalue weighted by molar-refractivity contribution is 5.82. The molecule has 1 aromatic carbocycles. The fraction of sp³-hybridized carbons (Fsp3) is 0.333. The molecule has 1 fully saturated rings. The summed E-state index contributed by atoms with van der Waals surface area (Å²) in [7, 11) is 1.58. The molecule has 0 bridgehead atoms. The topological polar surface area (TPSA) is 45.7 Å². The lowest BCUT2D eigenvalue weighted by molar-refractivity contribution is -0.138. The van der Waals surface area contributed by atoms with Crippen LogP contribution >= 0.6 is 0 Å². The number of alkyl halides is 3. The van der Waals surface area contributed by atoms with Crippen LogP contribution < -0.4 is 9.64 Å². The highest BCUT2D eigenvalue weighted by atomic mass is 19.4. The van der Waals surface area contributed by atoms with Crippen molar-refractivity contribution in [1.82, 2.24) is 9.88 Å². The molecule has 0 N–H and O–H groups in total. The first-order valence-electron chi connectivity index (χ1n) is 8.06. The fourth-order valence-electron chi connectivity index (χ4n) is 2.80. The Bertz CT molecular complexity index is 778. The molecule has 0 saturated carbocycles. The molecule has 0 spiro atoms. The first-order chi connectivity index (χ1) is 12.4. The molecular weight excluding hydrogens is 347 g/mol. The highest BCUT2D eigenvalue weighted by Gasteiger charge is 2.31. The number of amides is 1. The fourth-order valence-corrected chi connectivity index (χ4v) is 2.80. The molecule has 0 aliphatic carbocycles. The van der Waals surface area contributed by atoms with E-state index in [1.165, 1.54) is 6.07 Å². The van der Waals surface area contributed by atoms with E-state index < -0.39 is 11.7 Å². The van der Waals surface area contributed by atoms with E-state index in [2.05, 4.69) is 4.98 Å². The number of anilines is 1. The summed E-state index contributed by atoms with van der Waals surface area (Å²) in [5.41, 5.74) is 0.156. The Hall–Kier alpha value is -2.77. The smallest absolute Gasteiger partial charge is 0.417 e. The first kappa shape index (κ1) is 18.0. The highest BCUT2D eigenvalue weighted by Crippen LogP contribution is 2.29. The number of methoxy groups -OCH3 is 1. The third kappa shape index (κ3) is 4.07. The van der Waals surface area contributed by atoms with Gasteiger partial charge >= 0.3 is 6.18 Å². The lowest BCUT2D eigenvalue weighted by atomic mass is 10.2. The van der Waals surface area contributed by atoms with E-state index in [0.717, 1.165) is 23.6 Å². The summed E-state index contributed by atoms with van der Waals surface area (Å²) in [5, 5.41) is 0. The van der Waals surface area contributed by atoms with E-state index in [9.17, 15) is 18.0 Å². The lowest BCUT2D eigenvalue weighted by Gasteiger charge is -2.35. The van der Waals surface area contributed by atoms with Gasteiger partial charge in [0.2, 0.25) is 5.91 Å². The van der Waals surface area contributed by atoms with Gasteiger partial charge in [-0.15, -0.1) is 0 Å². The Morgan fingerprint density at radius 2 is 2.00 bits per heavy atom. The van der Waals surface area contributed by atoms with Gasteiger partial charge in [-0.2, -0.15) is 13.2 Å². The Labute approximate surface area is 149 Å². The van der Waals surface area contributed by atoms with Crippen LogP contribution in [0.3, 0.4) is 0 Å². The van der Waals surface area contributed by atoms with Gasteiger partial charge in [0.1, 0.15) is 11.6 Å². The van der Waals surface area contributed by atoms with Crippen molar-refractivity contribution in [2.75, 3.05) is 31.6 Å². The number of ether oxygens (including phenoxy) is 1. The number of nitrogens with zero attached hydrogens (tertiary/aromatic N) is 3. The zero-order chi connectivity index (χ0) is 18.7. The van der Waals surface area contributed by atoms with Gasteiger partial charge in [-0.05, 0) is 29.8 Å². The van der Waals surface area contributed by atoms with Crippen LogP contribution in [0.2, 0.25) is 0 Å². The molecule has 1 saturated heterocycles. The van der Waals surface area contributed by atoms with Crippen molar-refractivity contribution in [2.45, 2.75) is 12.7 Å². The van der Waals surface area contributed by atoms with E-state index in [1.807, 2.05) is 24.3 Å². The Balaban J connectivity index is 1.64. The summed E-state index contributed by atoms with van der Waals surface area (Å²) >= 11 is 0. The van der Waals surface area contributed by atoms with Crippen molar-refractivity contribution in [3.05, 3.63) is 53.7 Å². The lowest BCUT2D eigenvalue weighted by Crippen LogP contribution is -2.50. The van der Waals surface area contributed by atoms with Crippen LogP contribution in [0, 0.1) is 0 Å². The molecule has 1 amide bonds. The van der Waals surface area contributed by atoms with E-state index in [4.69, 9.17) is 4.74 Å². The molecule has 138 valence electrons. The average Bonchev–Trinajstić information content (AvgIpc) is 2.63. The minimum Gasteiger partial charge on any atom is -0.497 e.